The maximum atomic E-state index is 13.7. The Hall–Kier alpha value is -2.79. The number of rotatable bonds is 5. The van der Waals surface area contributed by atoms with E-state index in [0.29, 0.717) is 0 Å². The first-order valence-electron chi connectivity index (χ1n) is 7.89. The van der Waals surface area contributed by atoms with Crippen molar-refractivity contribution >= 4 is 16.7 Å². The summed E-state index contributed by atoms with van der Waals surface area (Å²) in [4.78, 5) is 12.2. The van der Waals surface area contributed by atoms with E-state index in [1.165, 1.54) is 0 Å². The average Bonchev–Trinajstić information content (AvgIpc) is 2.62. The normalized spacial score (nSPS) is 12.1. The molecule has 3 aromatic rings. The summed E-state index contributed by atoms with van der Waals surface area (Å²) in [6.07, 6.45) is -0.298. The van der Waals surface area contributed by atoms with Gasteiger partial charge in [0.2, 0.25) is 5.91 Å². The van der Waals surface area contributed by atoms with Gasteiger partial charge in [0.25, 0.3) is 0 Å². The number of hydrogen-bond donors (Lipinski definition) is 2. The third-order valence-electron chi connectivity index (χ3n) is 4.05. The Balaban J connectivity index is 1.76. The van der Waals surface area contributed by atoms with Crippen LogP contribution in [0.15, 0.2) is 60.7 Å². The smallest absolute Gasteiger partial charge is 0.225 e. The second-order valence-electron chi connectivity index (χ2n) is 5.82. The molecule has 3 aromatic carbocycles. The zero-order valence-corrected chi connectivity index (χ0v) is 13.4. The summed E-state index contributed by atoms with van der Waals surface area (Å²) in [5, 5.41) is 14.3. The topological polar surface area (TPSA) is 49.3 Å². The highest BCUT2D eigenvalue weighted by molar-refractivity contribution is 5.83. The van der Waals surface area contributed by atoms with E-state index in [2.05, 4.69) is 5.32 Å². The molecule has 0 aromatic heterocycles. The molecule has 0 heterocycles. The lowest BCUT2D eigenvalue weighted by molar-refractivity contribution is -0.121. The van der Waals surface area contributed by atoms with Crippen molar-refractivity contribution < 1.29 is 18.7 Å². The molecule has 128 valence electrons. The van der Waals surface area contributed by atoms with Crippen LogP contribution in [0.4, 0.5) is 8.78 Å². The molecule has 1 amide bonds. The first kappa shape index (κ1) is 17.0. The highest BCUT2D eigenvalue weighted by atomic mass is 19.1. The van der Waals surface area contributed by atoms with Crippen molar-refractivity contribution in [1.29, 1.82) is 0 Å². The first-order chi connectivity index (χ1) is 12.1. The van der Waals surface area contributed by atoms with Gasteiger partial charge >= 0.3 is 0 Å². The van der Waals surface area contributed by atoms with E-state index in [-0.39, 0.29) is 18.6 Å². The molecule has 0 radical (unpaired) electrons. The van der Waals surface area contributed by atoms with Gasteiger partial charge in [-0.1, -0.05) is 36.4 Å². The van der Waals surface area contributed by atoms with Crippen LogP contribution in [0.5, 0.6) is 0 Å². The molecule has 2 N–H and O–H groups in total. The third-order valence-corrected chi connectivity index (χ3v) is 4.05. The van der Waals surface area contributed by atoms with Gasteiger partial charge in [0.1, 0.15) is 11.6 Å². The number of amides is 1. The predicted octanol–water partition coefficient (Wildman–Crippen LogP) is 3.51. The Morgan fingerprint density at radius 2 is 1.76 bits per heavy atom. The number of nitrogens with one attached hydrogen (secondary N) is 1. The first-order valence-corrected chi connectivity index (χ1v) is 7.89. The Kier molecular flexibility index (Phi) is 5.05. The number of carbonyl (C=O) groups excluding carboxylic acids is 1. The second-order valence-corrected chi connectivity index (χ2v) is 5.82. The quantitative estimate of drug-likeness (QED) is 0.746. The van der Waals surface area contributed by atoms with Gasteiger partial charge in [-0.05, 0) is 40.6 Å². The fourth-order valence-corrected chi connectivity index (χ4v) is 2.76. The van der Waals surface area contributed by atoms with Crippen LogP contribution in [-0.4, -0.2) is 17.6 Å². The summed E-state index contributed by atoms with van der Waals surface area (Å²) in [6.45, 7) is -0.296. The fourth-order valence-electron chi connectivity index (χ4n) is 2.76. The van der Waals surface area contributed by atoms with Crippen molar-refractivity contribution in [3.63, 3.8) is 0 Å². The van der Waals surface area contributed by atoms with Crippen LogP contribution >= 0.6 is 0 Å². The Labute approximate surface area is 143 Å². The minimum absolute atomic E-state index is 0.0206. The van der Waals surface area contributed by atoms with Crippen molar-refractivity contribution in [2.75, 3.05) is 6.61 Å². The predicted molar refractivity (Wildman–Crippen MR) is 92.0 cm³/mol. The maximum Gasteiger partial charge on any atom is 0.225 e. The summed E-state index contributed by atoms with van der Waals surface area (Å²) in [5.74, 6) is -1.73. The van der Waals surface area contributed by atoms with E-state index in [9.17, 15) is 18.7 Å². The lowest BCUT2D eigenvalue weighted by Gasteiger charge is -2.17. The van der Waals surface area contributed by atoms with Crippen molar-refractivity contribution in [2.24, 2.45) is 0 Å². The molecule has 1 atom stereocenters. The molecule has 0 fully saturated rings. The van der Waals surface area contributed by atoms with Crippen molar-refractivity contribution in [1.82, 2.24) is 5.32 Å². The number of aliphatic hydroxyl groups is 1. The van der Waals surface area contributed by atoms with Crippen molar-refractivity contribution in [3.8, 4) is 0 Å². The molecule has 3 nitrogen and oxygen atoms in total. The van der Waals surface area contributed by atoms with E-state index < -0.39 is 23.6 Å². The van der Waals surface area contributed by atoms with Crippen molar-refractivity contribution in [3.05, 3.63) is 83.4 Å². The van der Waals surface area contributed by atoms with Crippen LogP contribution in [0, 0.1) is 11.6 Å². The van der Waals surface area contributed by atoms with Gasteiger partial charge in [0, 0.05) is 5.56 Å². The van der Waals surface area contributed by atoms with Gasteiger partial charge in [0.15, 0.2) is 0 Å². The molecule has 1 unspecified atom stereocenters. The second kappa shape index (κ2) is 7.40. The zero-order valence-electron chi connectivity index (χ0n) is 13.4. The van der Waals surface area contributed by atoms with Gasteiger partial charge in [-0.2, -0.15) is 0 Å². The van der Waals surface area contributed by atoms with Crippen molar-refractivity contribution in [2.45, 2.75) is 12.5 Å². The Morgan fingerprint density at radius 1 is 1.00 bits per heavy atom. The van der Waals surface area contributed by atoms with Gasteiger partial charge in [-0.3, -0.25) is 4.79 Å². The van der Waals surface area contributed by atoms with E-state index in [1.807, 2.05) is 42.5 Å². The fraction of sp³-hybridized carbons (Fsp3) is 0.150. The zero-order chi connectivity index (χ0) is 17.8. The maximum absolute atomic E-state index is 13.7. The van der Waals surface area contributed by atoms with Gasteiger partial charge < -0.3 is 10.4 Å². The number of hydrogen-bond acceptors (Lipinski definition) is 2. The lowest BCUT2D eigenvalue weighted by atomic mass is 10.0. The molecular weight excluding hydrogens is 324 g/mol. The van der Waals surface area contributed by atoms with E-state index in [0.717, 1.165) is 34.5 Å². The summed E-state index contributed by atoms with van der Waals surface area (Å²) in [6, 6.07) is 15.7. The molecule has 0 saturated heterocycles. The molecule has 3 rings (SSSR count). The van der Waals surface area contributed by atoms with Gasteiger partial charge in [-0.25, -0.2) is 8.78 Å². The van der Waals surface area contributed by atoms with Crippen LogP contribution in [0.2, 0.25) is 0 Å². The van der Waals surface area contributed by atoms with E-state index >= 15 is 0 Å². The summed E-state index contributed by atoms with van der Waals surface area (Å²) in [7, 11) is 0. The largest absolute Gasteiger partial charge is 0.394 e. The highest BCUT2D eigenvalue weighted by Gasteiger charge is 2.16. The summed E-state index contributed by atoms with van der Waals surface area (Å²) < 4.78 is 26.9. The number of halogens is 2. The number of benzene rings is 3. The molecule has 0 bridgehead atoms. The lowest BCUT2D eigenvalue weighted by Crippen LogP contribution is -2.32. The Morgan fingerprint density at radius 3 is 2.52 bits per heavy atom. The third kappa shape index (κ3) is 4.00. The highest BCUT2D eigenvalue weighted by Crippen LogP contribution is 2.20. The van der Waals surface area contributed by atoms with Crippen LogP contribution in [0.25, 0.3) is 10.8 Å². The summed E-state index contributed by atoms with van der Waals surface area (Å²) >= 11 is 0. The Bertz CT molecular complexity index is 911. The van der Waals surface area contributed by atoms with E-state index in [1.54, 1.807) is 0 Å². The molecule has 0 aliphatic carbocycles. The number of carbonyl (C=O) groups is 1. The standard InChI is InChI=1S/C20H17F2NO2/c21-17-7-8-18(22)16(10-17)11-20(25)23-19(12-24)15-6-5-13-3-1-2-4-14(13)9-15/h1-10,19,24H,11-12H2,(H,23,25). The molecule has 0 aliphatic rings. The molecule has 25 heavy (non-hydrogen) atoms. The molecule has 0 saturated carbocycles. The van der Waals surface area contributed by atoms with Crippen LogP contribution in [-0.2, 0) is 11.2 Å². The van der Waals surface area contributed by atoms with Crippen LogP contribution < -0.4 is 5.32 Å². The molecule has 5 heteroatoms. The molecular formula is C20H17F2NO2. The number of aliphatic hydroxyl groups excluding tert-OH is 1. The monoisotopic (exact) mass is 341 g/mol. The summed E-state index contributed by atoms with van der Waals surface area (Å²) in [5.41, 5.74) is 0.724. The van der Waals surface area contributed by atoms with E-state index in [4.69, 9.17) is 0 Å². The van der Waals surface area contributed by atoms with Gasteiger partial charge in [-0.15, -0.1) is 0 Å². The minimum Gasteiger partial charge on any atom is -0.394 e. The van der Waals surface area contributed by atoms with Crippen LogP contribution in [0.3, 0.4) is 0 Å². The average molecular weight is 341 g/mol. The van der Waals surface area contributed by atoms with Gasteiger partial charge in [0.05, 0.1) is 19.1 Å². The number of fused-ring (bicyclic) bond motifs is 1. The minimum atomic E-state index is -0.636. The molecule has 0 aliphatic heterocycles. The van der Waals surface area contributed by atoms with Crippen LogP contribution in [0.1, 0.15) is 17.2 Å². The molecule has 0 spiro atoms. The SMILES string of the molecule is O=C(Cc1cc(F)ccc1F)NC(CO)c1ccc2ccccc2c1.